The van der Waals surface area contributed by atoms with Crippen LogP contribution in [0.3, 0.4) is 0 Å². The smallest absolute Gasteiger partial charge is 0.250 e. The van der Waals surface area contributed by atoms with Crippen molar-refractivity contribution in [3.05, 3.63) is 58.1 Å². The van der Waals surface area contributed by atoms with Gasteiger partial charge in [-0.25, -0.2) is 0 Å². The van der Waals surface area contributed by atoms with Crippen molar-refractivity contribution >= 4 is 40.5 Å². The van der Waals surface area contributed by atoms with Gasteiger partial charge in [0.05, 0.1) is 17.3 Å². The fourth-order valence-electron chi connectivity index (χ4n) is 1.66. The van der Waals surface area contributed by atoms with Crippen molar-refractivity contribution in [2.24, 2.45) is 0 Å². The number of hydrogen-bond donors (Lipinski definition) is 2. The van der Waals surface area contributed by atoms with Gasteiger partial charge in [0.25, 0.3) is 0 Å². The molecule has 0 aromatic heterocycles. The molecule has 1 amide bonds. The molecule has 0 bridgehead atoms. The molecule has 0 fully saturated rings. The fourth-order valence-corrected chi connectivity index (χ4v) is 2.02. The van der Waals surface area contributed by atoms with E-state index in [1.165, 1.54) is 0 Å². The number of benzene rings is 2. The van der Waals surface area contributed by atoms with E-state index in [1.54, 1.807) is 30.3 Å². The summed E-state index contributed by atoms with van der Waals surface area (Å²) < 4.78 is 5.33. The van der Waals surface area contributed by atoms with Crippen LogP contribution < -0.4 is 11.1 Å². The first-order chi connectivity index (χ1) is 10.0. The molecule has 0 aliphatic heterocycles. The molecule has 0 saturated heterocycles. The third kappa shape index (κ3) is 4.93. The van der Waals surface area contributed by atoms with E-state index in [-0.39, 0.29) is 12.5 Å². The number of rotatable bonds is 5. The quantitative estimate of drug-likeness (QED) is 0.823. The van der Waals surface area contributed by atoms with Crippen LogP contribution in [0.2, 0.25) is 10.0 Å². The van der Waals surface area contributed by atoms with Crippen molar-refractivity contribution in [2.45, 2.75) is 6.61 Å². The summed E-state index contributed by atoms with van der Waals surface area (Å²) in [5, 5.41) is 3.71. The number of ether oxygens (including phenoxy) is 1. The molecule has 0 atom stereocenters. The molecule has 0 unspecified atom stereocenters. The molecule has 21 heavy (non-hydrogen) atoms. The lowest BCUT2D eigenvalue weighted by atomic mass is 10.2. The van der Waals surface area contributed by atoms with Crippen molar-refractivity contribution in [1.82, 2.24) is 0 Å². The van der Waals surface area contributed by atoms with E-state index in [4.69, 9.17) is 33.7 Å². The maximum atomic E-state index is 11.7. The Kier molecular flexibility index (Phi) is 5.44. The van der Waals surface area contributed by atoms with Crippen LogP contribution in [0.4, 0.5) is 11.4 Å². The highest BCUT2D eigenvalue weighted by Gasteiger charge is 2.06. The summed E-state index contributed by atoms with van der Waals surface area (Å²) in [5.74, 6) is -0.282. The van der Waals surface area contributed by atoms with Gasteiger partial charge in [0.15, 0.2) is 0 Å². The van der Waals surface area contributed by atoms with Crippen LogP contribution in [-0.4, -0.2) is 12.5 Å². The fraction of sp³-hybridized carbons (Fsp3) is 0.133. The molecule has 0 spiro atoms. The number of anilines is 2. The van der Waals surface area contributed by atoms with Crippen LogP contribution in [0, 0.1) is 0 Å². The number of halogens is 2. The zero-order valence-corrected chi connectivity index (χ0v) is 12.6. The predicted molar refractivity (Wildman–Crippen MR) is 85.6 cm³/mol. The van der Waals surface area contributed by atoms with Gasteiger partial charge in [-0.3, -0.25) is 4.79 Å². The third-order valence-electron chi connectivity index (χ3n) is 2.68. The first-order valence-electron chi connectivity index (χ1n) is 6.21. The van der Waals surface area contributed by atoms with E-state index in [2.05, 4.69) is 5.32 Å². The van der Waals surface area contributed by atoms with Gasteiger partial charge in [-0.2, -0.15) is 0 Å². The third-order valence-corrected chi connectivity index (χ3v) is 3.25. The first-order valence-corrected chi connectivity index (χ1v) is 6.97. The SMILES string of the molecule is Nc1ccc(NC(=O)COCc2ccc(Cl)cc2)c(Cl)c1. The number of nitrogens with two attached hydrogens (primary N) is 1. The Morgan fingerprint density at radius 3 is 2.52 bits per heavy atom. The molecule has 0 saturated carbocycles. The Bertz CT molecular complexity index is 630. The molecule has 2 aromatic carbocycles. The van der Waals surface area contributed by atoms with Crippen molar-refractivity contribution in [3.8, 4) is 0 Å². The first kappa shape index (κ1) is 15.6. The minimum Gasteiger partial charge on any atom is -0.399 e. The van der Waals surface area contributed by atoms with E-state index >= 15 is 0 Å². The average molecular weight is 325 g/mol. The van der Waals surface area contributed by atoms with E-state index in [0.29, 0.717) is 28.0 Å². The largest absolute Gasteiger partial charge is 0.399 e. The zero-order valence-electron chi connectivity index (χ0n) is 11.1. The van der Waals surface area contributed by atoms with Gasteiger partial charge in [-0.15, -0.1) is 0 Å². The number of carbonyl (C=O) groups is 1. The van der Waals surface area contributed by atoms with Crippen LogP contribution in [0.25, 0.3) is 0 Å². The predicted octanol–water partition coefficient (Wildman–Crippen LogP) is 3.73. The second-order valence-electron chi connectivity index (χ2n) is 4.41. The van der Waals surface area contributed by atoms with Crippen molar-refractivity contribution in [2.75, 3.05) is 17.7 Å². The van der Waals surface area contributed by atoms with Crippen molar-refractivity contribution in [3.63, 3.8) is 0 Å². The van der Waals surface area contributed by atoms with E-state index < -0.39 is 0 Å². The normalized spacial score (nSPS) is 10.4. The Labute approximate surface area is 132 Å². The van der Waals surface area contributed by atoms with Gasteiger partial charge in [0.1, 0.15) is 6.61 Å². The van der Waals surface area contributed by atoms with Crippen LogP contribution >= 0.6 is 23.2 Å². The second-order valence-corrected chi connectivity index (χ2v) is 5.25. The highest BCUT2D eigenvalue weighted by Crippen LogP contribution is 2.23. The summed E-state index contributed by atoms with van der Waals surface area (Å²) in [6.45, 7) is 0.267. The summed E-state index contributed by atoms with van der Waals surface area (Å²) in [5.41, 5.74) is 7.57. The number of amides is 1. The summed E-state index contributed by atoms with van der Waals surface area (Å²) in [6, 6.07) is 12.1. The molecule has 2 aromatic rings. The lowest BCUT2D eigenvalue weighted by Gasteiger charge is -2.08. The number of nitrogens with one attached hydrogen (secondary N) is 1. The molecule has 6 heteroatoms. The van der Waals surface area contributed by atoms with E-state index in [9.17, 15) is 4.79 Å². The monoisotopic (exact) mass is 324 g/mol. The van der Waals surface area contributed by atoms with Crippen LogP contribution in [0.1, 0.15) is 5.56 Å². The topological polar surface area (TPSA) is 64.3 Å². The minimum atomic E-state index is -0.282. The molecule has 0 heterocycles. The Hall–Kier alpha value is -1.75. The van der Waals surface area contributed by atoms with Gasteiger partial charge < -0.3 is 15.8 Å². The van der Waals surface area contributed by atoms with E-state index in [1.807, 2.05) is 12.1 Å². The van der Waals surface area contributed by atoms with Crippen LogP contribution in [-0.2, 0) is 16.1 Å². The maximum absolute atomic E-state index is 11.7. The molecular formula is C15H14Cl2N2O2. The minimum absolute atomic E-state index is 0.0661. The number of hydrogen-bond acceptors (Lipinski definition) is 3. The highest BCUT2D eigenvalue weighted by atomic mass is 35.5. The average Bonchev–Trinajstić information content (AvgIpc) is 2.44. The Morgan fingerprint density at radius 1 is 1.14 bits per heavy atom. The van der Waals surface area contributed by atoms with Gasteiger partial charge in [-0.05, 0) is 35.9 Å². The molecule has 110 valence electrons. The standard InChI is InChI=1S/C15H14Cl2N2O2/c16-11-3-1-10(2-4-11)8-21-9-15(20)19-14-6-5-12(18)7-13(14)17/h1-7H,8-9,18H2,(H,19,20). The van der Waals surface area contributed by atoms with Crippen LogP contribution in [0.15, 0.2) is 42.5 Å². The van der Waals surface area contributed by atoms with Gasteiger partial charge in [0.2, 0.25) is 5.91 Å². The molecular weight excluding hydrogens is 311 g/mol. The van der Waals surface area contributed by atoms with Gasteiger partial charge >= 0.3 is 0 Å². The zero-order chi connectivity index (χ0) is 15.2. The number of nitrogen functional groups attached to an aromatic ring is 1. The highest BCUT2D eigenvalue weighted by molar-refractivity contribution is 6.34. The Balaban J connectivity index is 1.81. The van der Waals surface area contributed by atoms with E-state index in [0.717, 1.165) is 5.56 Å². The lowest BCUT2D eigenvalue weighted by molar-refractivity contribution is -0.121. The summed E-state index contributed by atoms with van der Waals surface area (Å²) >= 11 is 11.8. The lowest BCUT2D eigenvalue weighted by Crippen LogP contribution is -2.18. The van der Waals surface area contributed by atoms with Gasteiger partial charge in [0, 0.05) is 10.7 Å². The van der Waals surface area contributed by atoms with Gasteiger partial charge in [-0.1, -0.05) is 35.3 Å². The number of carbonyl (C=O) groups excluding carboxylic acids is 1. The molecule has 4 nitrogen and oxygen atoms in total. The summed E-state index contributed by atoms with van der Waals surface area (Å²) in [4.78, 5) is 11.7. The second kappa shape index (κ2) is 7.31. The van der Waals surface area contributed by atoms with Crippen LogP contribution in [0.5, 0.6) is 0 Å². The molecule has 0 aliphatic carbocycles. The summed E-state index contributed by atoms with van der Waals surface area (Å²) in [6.07, 6.45) is 0. The Morgan fingerprint density at radius 2 is 1.86 bits per heavy atom. The maximum Gasteiger partial charge on any atom is 0.250 e. The van der Waals surface area contributed by atoms with Crippen molar-refractivity contribution < 1.29 is 9.53 Å². The summed E-state index contributed by atoms with van der Waals surface area (Å²) in [7, 11) is 0. The molecule has 2 rings (SSSR count). The van der Waals surface area contributed by atoms with Crippen molar-refractivity contribution in [1.29, 1.82) is 0 Å². The molecule has 3 N–H and O–H groups in total. The molecule has 0 radical (unpaired) electrons. The molecule has 0 aliphatic rings.